The fourth-order valence-electron chi connectivity index (χ4n) is 1.77. The topological polar surface area (TPSA) is 49.3 Å². The van der Waals surface area contributed by atoms with E-state index in [4.69, 9.17) is 0 Å². The molecule has 0 atom stereocenters. The molecular weight excluding hydrogens is 202 g/mol. The highest BCUT2D eigenvalue weighted by molar-refractivity contribution is 5.97. The van der Waals surface area contributed by atoms with Gasteiger partial charge in [-0.2, -0.15) is 0 Å². The van der Waals surface area contributed by atoms with E-state index < -0.39 is 5.60 Å². The van der Waals surface area contributed by atoms with Crippen LogP contribution in [0, 0.1) is 0 Å². The van der Waals surface area contributed by atoms with Crippen LogP contribution in [-0.4, -0.2) is 30.1 Å². The fourth-order valence-corrected chi connectivity index (χ4v) is 1.77. The average molecular weight is 219 g/mol. The van der Waals surface area contributed by atoms with Crippen LogP contribution in [0.25, 0.3) is 0 Å². The number of ketones is 1. The van der Waals surface area contributed by atoms with Crippen LogP contribution >= 0.6 is 0 Å². The number of Topliss-reactive ketones (excluding diaryl/α,β-unsaturated/α-hetero) is 1. The van der Waals surface area contributed by atoms with Gasteiger partial charge in [-0.15, -0.1) is 0 Å². The summed E-state index contributed by atoms with van der Waals surface area (Å²) in [5, 5.41) is 12.6. The largest absolute Gasteiger partial charge is 0.390 e. The Morgan fingerprint density at radius 2 is 2.00 bits per heavy atom. The average Bonchev–Trinajstić information content (AvgIpc) is 2.97. The Morgan fingerprint density at radius 3 is 2.50 bits per heavy atom. The molecule has 0 spiro atoms. The maximum absolute atomic E-state index is 11.5. The molecule has 16 heavy (non-hydrogen) atoms. The molecule has 0 aromatic heterocycles. The van der Waals surface area contributed by atoms with Gasteiger partial charge in [0, 0.05) is 12.0 Å². The number of hydrogen-bond acceptors (Lipinski definition) is 3. The van der Waals surface area contributed by atoms with E-state index in [9.17, 15) is 9.90 Å². The zero-order valence-electron chi connectivity index (χ0n) is 9.49. The highest BCUT2D eigenvalue weighted by Gasteiger charge is 2.39. The number of nitrogens with one attached hydrogen (secondary N) is 1. The Morgan fingerprint density at radius 1 is 1.38 bits per heavy atom. The molecule has 1 saturated carbocycles. The molecule has 0 amide bonds. The molecule has 0 bridgehead atoms. The Balaban J connectivity index is 2.01. The van der Waals surface area contributed by atoms with Gasteiger partial charge in [0.05, 0.1) is 12.1 Å². The first-order valence-corrected chi connectivity index (χ1v) is 5.62. The minimum absolute atomic E-state index is 0.0965. The molecule has 1 fully saturated rings. The summed E-state index contributed by atoms with van der Waals surface area (Å²) in [5.74, 6) is 0.0965. The number of carbonyl (C=O) groups is 1. The lowest BCUT2D eigenvalue weighted by atomic mass is 10.0. The van der Waals surface area contributed by atoms with Gasteiger partial charge in [0.25, 0.3) is 0 Å². The van der Waals surface area contributed by atoms with Crippen molar-refractivity contribution in [3.63, 3.8) is 0 Å². The van der Waals surface area contributed by atoms with Crippen molar-refractivity contribution in [1.82, 2.24) is 5.32 Å². The molecule has 0 unspecified atom stereocenters. The first-order chi connectivity index (χ1) is 7.63. The van der Waals surface area contributed by atoms with Crippen molar-refractivity contribution in [1.29, 1.82) is 0 Å². The van der Waals surface area contributed by atoms with Crippen molar-refractivity contribution in [2.75, 3.05) is 13.6 Å². The summed E-state index contributed by atoms with van der Waals surface area (Å²) >= 11 is 0. The number of likely N-dealkylation sites (N-methyl/N-ethyl adjacent to an activating group) is 1. The molecule has 0 radical (unpaired) electrons. The van der Waals surface area contributed by atoms with Gasteiger partial charge in [0.2, 0.25) is 0 Å². The van der Waals surface area contributed by atoms with Gasteiger partial charge in [-0.05, 0) is 25.5 Å². The zero-order valence-corrected chi connectivity index (χ0v) is 9.49. The van der Waals surface area contributed by atoms with Crippen LogP contribution in [0.2, 0.25) is 0 Å². The first kappa shape index (κ1) is 11.3. The summed E-state index contributed by atoms with van der Waals surface area (Å²) in [4.78, 5) is 11.5. The molecule has 1 aromatic carbocycles. The lowest BCUT2D eigenvalue weighted by Crippen LogP contribution is -2.18. The van der Waals surface area contributed by atoms with Gasteiger partial charge in [-0.25, -0.2) is 0 Å². The quantitative estimate of drug-likeness (QED) is 0.730. The Bertz CT molecular complexity index is 379. The standard InChI is InChI=1S/C13H17NO2/c1-14-9-12(15)11-4-2-10(3-5-11)8-13(16)6-7-13/h2-5,14,16H,6-9H2,1H3. The molecule has 3 nitrogen and oxygen atoms in total. The number of benzene rings is 1. The Hall–Kier alpha value is -1.19. The normalized spacial score (nSPS) is 17.1. The molecule has 0 aliphatic heterocycles. The predicted octanol–water partition coefficient (Wildman–Crippen LogP) is 1.16. The fraction of sp³-hybridized carbons (Fsp3) is 0.462. The van der Waals surface area contributed by atoms with Crippen molar-refractivity contribution in [3.8, 4) is 0 Å². The third-order valence-corrected chi connectivity index (χ3v) is 2.97. The van der Waals surface area contributed by atoms with Crippen molar-refractivity contribution in [2.24, 2.45) is 0 Å². The lowest BCUT2D eigenvalue weighted by molar-refractivity contribution is 0.0993. The summed E-state index contributed by atoms with van der Waals surface area (Å²) in [6.45, 7) is 0.364. The second-order valence-corrected chi connectivity index (χ2v) is 4.55. The van der Waals surface area contributed by atoms with Gasteiger partial charge >= 0.3 is 0 Å². The van der Waals surface area contributed by atoms with Crippen molar-refractivity contribution in [2.45, 2.75) is 24.9 Å². The summed E-state index contributed by atoms with van der Waals surface area (Å²) < 4.78 is 0. The number of rotatable bonds is 5. The minimum atomic E-state index is -0.462. The van der Waals surface area contributed by atoms with E-state index in [1.807, 2.05) is 24.3 Å². The summed E-state index contributed by atoms with van der Waals surface area (Å²) in [5.41, 5.74) is 1.36. The second-order valence-electron chi connectivity index (χ2n) is 4.55. The molecule has 2 N–H and O–H groups in total. The van der Waals surface area contributed by atoms with Crippen molar-refractivity contribution in [3.05, 3.63) is 35.4 Å². The maximum Gasteiger partial charge on any atom is 0.176 e. The Labute approximate surface area is 95.5 Å². The number of carbonyl (C=O) groups excluding carboxylic acids is 1. The maximum atomic E-state index is 11.5. The van der Waals surface area contributed by atoms with E-state index in [0.29, 0.717) is 13.0 Å². The van der Waals surface area contributed by atoms with Gasteiger partial charge in [0.15, 0.2) is 5.78 Å². The highest BCUT2D eigenvalue weighted by atomic mass is 16.3. The predicted molar refractivity (Wildman–Crippen MR) is 62.6 cm³/mol. The minimum Gasteiger partial charge on any atom is -0.390 e. The molecule has 1 aliphatic rings. The van der Waals surface area contributed by atoms with E-state index in [0.717, 1.165) is 24.0 Å². The van der Waals surface area contributed by atoms with Gasteiger partial charge in [0.1, 0.15) is 0 Å². The monoisotopic (exact) mass is 219 g/mol. The smallest absolute Gasteiger partial charge is 0.176 e. The molecule has 1 aliphatic carbocycles. The lowest BCUT2D eigenvalue weighted by Gasteiger charge is -2.07. The van der Waals surface area contributed by atoms with Gasteiger partial charge in [-0.3, -0.25) is 4.79 Å². The van der Waals surface area contributed by atoms with Gasteiger partial charge in [-0.1, -0.05) is 24.3 Å². The van der Waals surface area contributed by atoms with Crippen LogP contribution in [0.1, 0.15) is 28.8 Å². The third-order valence-electron chi connectivity index (χ3n) is 2.97. The van der Waals surface area contributed by atoms with E-state index in [2.05, 4.69) is 5.32 Å². The molecule has 3 heteroatoms. The summed E-state index contributed by atoms with van der Waals surface area (Å²) in [7, 11) is 1.76. The summed E-state index contributed by atoms with van der Waals surface area (Å²) in [6, 6.07) is 7.53. The SMILES string of the molecule is CNCC(=O)c1ccc(CC2(O)CC2)cc1. The van der Waals surface area contributed by atoms with E-state index in [-0.39, 0.29) is 5.78 Å². The van der Waals surface area contributed by atoms with E-state index in [1.54, 1.807) is 7.05 Å². The van der Waals surface area contributed by atoms with Crippen LogP contribution in [0.5, 0.6) is 0 Å². The highest BCUT2D eigenvalue weighted by Crippen LogP contribution is 2.38. The van der Waals surface area contributed by atoms with Crippen molar-refractivity contribution < 1.29 is 9.90 Å². The third kappa shape index (κ3) is 2.68. The van der Waals surface area contributed by atoms with Gasteiger partial charge < -0.3 is 10.4 Å². The van der Waals surface area contributed by atoms with Crippen LogP contribution in [0.15, 0.2) is 24.3 Å². The van der Waals surface area contributed by atoms with Crippen LogP contribution in [0.4, 0.5) is 0 Å². The molecule has 1 aromatic rings. The van der Waals surface area contributed by atoms with E-state index in [1.165, 1.54) is 0 Å². The second kappa shape index (κ2) is 4.36. The number of hydrogen-bond donors (Lipinski definition) is 2. The van der Waals surface area contributed by atoms with Crippen LogP contribution in [-0.2, 0) is 6.42 Å². The van der Waals surface area contributed by atoms with Crippen LogP contribution in [0.3, 0.4) is 0 Å². The molecule has 0 heterocycles. The molecule has 86 valence electrons. The molecular formula is C13H17NO2. The molecule has 0 saturated heterocycles. The first-order valence-electron chi connectivity index (χ1n) is 5.62. The summed E-state index contributed by atoms with van der Waals surface area (Å²) in [6.07, 6.45) is 2.49. The van der Waals surface area contributed by atoms with E-state index >= 15 is 0 Å². The van der Waals surface area contributed by atoms with Crippen LogP contribution < -0.4 is 5.32 Å². The van der Waals surface area contributed by atoms with Crippen molar-refractivity contribution >= 4 is 5.78 Å². The number of aliphatic hydroxyl groups is 1. The zero-order chi connectivity index (χ0) is 11.6. The molecule has 2 rings (SSSR count). The Kier molecular flexibility index (Phi) is 3.08.